The number of allylic oxidation sites excluding steroid dienone is 6. The van der Waals surface area contributed by atoms with Crippen LogP contribution in [0.25, 0.3) is 0 Å². The van der Waals surface area contributed by atoms with Gasteiger partial charge in [-0.1, -0.05) is 31.2 Å². The van der Waals surface area contributed by atoms with E-state index in [1.54, 1.807) is 6.08 Å². The lowest BCUT2D eigenvalue weighted by Gasteiger charge is -1.84. The summed E-state index contributed by atoms with van der Waals surface area (Å²) in [5.41, 5.74) is 1.10. The Kier molecular flexibility index (Phi) is 6.30. The van der Waals surface area contributed by atoms with Crippen molar-refractivity contribution in [1.29, 1.82) is 5.41 Å². The van der Waals surface area contributed by atoms with Gasteiger partial charge in [0.2, 0.25) is 0 Å². The summed E-state index contributed by atoms with van der Waals surface area (Å²) in [5, 5.41) is 6.80. The maximum atomic E-state index is 6.80. The Balaban J connectivity index is 3.82. The van der Waals surface area contributed by atoms with Crippen LogP contribution in [0.2, 0.25) is 0 Å². The third-order valence-corrected chi connectivity index (χ3v) is 1.19. The quantitative estimate of drug-likeness (QED) is 0.469. The summed E-state index contributed by atoms with van der Waals surface area (Å²) >= 11 is 0. The molecule has 0 unspecified atom stereocenters. The standard InChI is InChI=1S/C10H15N/c1-3-4-5-6-7-10(2)8-9-11/h4-9,11H,3H2,1-2H3/b5-4-,7-6-,10-8+,11-9?. The Morgan fingerprint density at radius 2 is 2.09 bits per heavy atom. The molecule has 60 valence electrons. The average Bonchev–Trinajstić information content (AvgIpc) is 1.99. The molecule has 0 amide bonds. The molecule has 1 heteroatoms. The van der Waals surface area contributed by atoms with E-state index in [9.17, 15) is 0 Å². The molecule has 1 nitrogen and oxygen atoms in total. The zero-order valence-electron chi connectivity index (χ0n) is 7.17. The third kappa shape index (κ3) is 6.78. The molecule has 0 saturated heterocycles. The van der Waals surface area contributed by atoms with Crippen molar-refractivity contribution in [2.45, 2.75) is 20.3 Å². The predicted molar refractivity (Wildman–Crippen MR) is 51.1 cm³/mol. The van der Waals surface area contributed by atoms with Gasteiger partial charge in [-0.15, -0.1) is 0 Å². The van der Waals surface area contributed by atoms with Crippen LogP contribution in [0.1, 0.15) is 20.3 Å². The van der Waals surface area contributed by atoms with Crippen LogP contribution in [0.3, 0.4) is 0 Å². The molecule has 0 saturated carbocycles. The molecule has 0 radical (unpaired) electrons. The summed E-state index contributed by atoms with van der Waals surface area (Å²) in [4.78, 5) is 0. The van der Waals surface area contributed by atoms with Gasteiger partial charge in [-0.3, -0.25) is 0 Å². The van der Waals surface area contributed by atoms with Crippen LogP contribution in [-0.2, 0) is 0 Å². The summed E-state index contributed by atoms with van der Waals surface area (Å²) in [6.45, 7) is 4.08. The highest BCUT2D eigenvalue weighted by Crippen LogP contribution is 1.93. The number of rotatable bonds is 4. The molecule has 11 heavy (non-hydrogen) atoms. The van der Waals surface area contributed by atoms with Crippen molar-refractivity contribution < 1.29 is 0 Å². The molecule has 0 aromatic rings. The topological polar surface area (TPSA) is 23.9 Å². The van der Waals surface area contributed by atoms with Gasteiger partial charge in [0.1, 0.15) is 0 Å². The molecule has 0 rings (SSSR count). The zero-order chi connectivity index (χ0) is 8.53. The van der Waals surface area contributed by atoms with E-state index < -0.39 is 0 Å². The second kappa shape index (κ2) is 7.00. The summed E-state index contributed by atoms with van der Waals surface area (Å²) in [6.07, 6.45) is 12.2. The van der Waals surface area contributed by atoms with Gasteiger partial charge in [0.15, 0.2) is 0 Å². The third-order valence-electron chi connectivity index (χ3n) is 1.19. The Bertz CT molecular complexity index is 185. The minimum Gasteiger partial charge on any atom is -0.309 e. The van der Waals surface area contributed by atoms with Crippen molar-refractivity contribution in [2.24, 2.45) is 0 Å². The first kappa shape index (κ1) is 9.89. The SMILES string of the molecule is CC\C=C/C=C\C(C)=C\C=N. The lowest BCUT2D eigenvalue weighted by molar-refractivity contribution is 1.22. The van der Waals surface area contributed by atoms with E-state index in [1.807, 2.05) is 25.2 Å². The molecule has 0 fully saturated rings. The second-order valence-electron chi connectivity index (χ2n) is 2.27. The molecule has 0 aliphatic rings. The summed E-state index contributed by atoms with van der Waals surface area (Å²) in [7, 11) is 0. The van der Waals surface area contributed by atoms with Crippen LogP contribution in [0, 0.1) is 5.41 Å². The van der Waals surface area contributed by atoms with Gasteiger partial charge in [-0.05, 0) is 25.0 Å². The first-order valence-corrected chi connectivity index (χ1v) is 3.81. The molecule has 0 aromatic carbocycles. The summed E-state index contributed by atoms with van der Waals surface area (Å²) in [5.74, 6) is 0. The van der Waals surface area contributed by atoms with Crippen LogP contribution in [0.15, 0.2) is 36.0 Å². The normalized spacial score (nSPS) is 13.1. The fourth-order valence-corrected chi connectivity index (χ4v) is 0.609. The van der Waals surface area contributed by atoms with Crippen LogP contribution < -0.4 is 0 Å². The molecule has 0 heterocycles. The maximum absolute atomic E-state index is 6.80. The van der Waals surface area contributed by atoms with E-state index in [1.165, 1.54) is 6.21 Å². The Morgan fingerprint density at radius 1 is 1.36 bits per heavy atom. The van der Waals surface area contributed by atoms with E-state index in [2.05, 4.69) is 13.0 Å². The second-order valence-corrected chi connectivity index (χ2v) is 2.27. The van der Waals surface area contributed by atoms with Gasteiger partial charge < -0.3 is 5.41 Å². The van der Waals surface area contributed by atoms with Gasteiger partial charge in [-0.25, -0.2) is 0 Å². The number of hydrogen-bond donors (Lipinski definition) is 1. The van der Waals surface area contributed by atoms with Gasteiger partial charge in [0, 0.05) is 6.21 Å². The van der Waals surface area contributed by atoms with Crippen molar-refractivity contribution in [2.75, 3.05) is 0 Å². The van der Waals surface area contributed by atoms with Gasteiger partial charge in [0.05, 0.1) is 0 Å². The van der Waals surface area contributed by atoms with E-state index >= 15 is 0 Å². The van der Waals surface area contributed by atoms with Crippen molar-refractivity contribution >= 4 is 6.21 Å². The molecule has 0 atom stereocenters. The van der Waals surface area contributed by atoms with Crippen molar-refractivity contribution in [3.8, 4) is 0 Å². The lowest BCUT2D eigenvalue weighted by Crippen LogP contribution is -1.67. The summed E-state index contributed by atoms with van der Waals surface area (Å²) < 4.78 is 0. The Morgan fingerprint density at radius 3 is 2.64 bits per heavy atom. The fraction of sp³-hybridized carbons (Fsp3) is 0.300. The monoisotopic (exact) mass is 149 g/mol. The van der Waals surface area contributed by atoms with Crippen molar-refractivity contribution in [1.82, 2.24) is 0 Å². The average molecular weight is 149 g/mol. The summed E-state index contributed by atoms with van der Waals surface area (Å²) in [6, 6.07) is 0. The maximum Gasteiger partial charge on any atom is 0.0180 e. The Labute approximate surface area is 68.6 Å². The highest BCUT2D eigenvalue weighted by atomic mass is 14.3. The van der Waals surface area contributed by atoms with Gasteiger partial charge in [-0.2, -0.15) is 0 Å². The molecule has 0 aliphatic heterocycles. The van der Waals surface area contributed by atoms with Crippen LogP contribution in [0.5, 0.6) is 0 Å². The molecule has 0 bridgehead atoms. The largest absolute Gasteiger partial charge is 0.309 e. The Hall–Kier alpha value is -1.11. The van der Waals surface area contributed by atoms with Crippen molar-refractivity contribution in [3.05, 3.63) is 36.0 Å². The minimum atomic E-state index is 1.07. The smallest absolute Gasteiger partial charge is 0.0180 e. The first-order chi connectivity index (χ1) is 5.31. The van der Waals surface area contributed by atoms with Crippen molar-refractivity contribution in [3.63, 3.8) is 0 Å². The number of hydrogen-bond acceptors (Lipinski definition) is 1. The molecule has 1 N–H and O–H groups in total. The van der Waals surface area contributed by atoms with E-state index in [4.69, 9.17) is 5.41 Å². The van der Waals surface area contributed by atoms with Crippen LogP contribution in [0.4, 0.5) is 0 Å². The number of nitrogens with one attached hydrogen (secondary N) is 1. The van der Waals surface area contributed by atoms with E-state index in [0.717, 1.165) is 12.0 Å². The van der Waals surface area contributed by atoms with Gasteiger partial charge >= 0.3 is 0 Å². The minimum absolute atomic E-state index is 1.07. The fourth-order valence-electron chi connectivity index (χ4n) is 0.609. The lowest BCUT2D eigenvalue weighted by atomic mass is 10.2. The molecular formula is C10H15N. The first-order valence-electron chi connectivity index (χ1n) is 3.81. The predicted octanol–water partition coefficient (Wildman–Crippen LogP) is 3.10. The highest BCUT2D eigenvalue weighted by Gasteiger charge is 1.74. The van der Waals surface area contributed by atoms with E-state index in [0.29, 0.717) is 0 Å². The highest BCUT2D eigenvalue weighted by molar-refractivity contribution is 5.69. The van der Waals surface area contributed by atoms with Crippen LogP contribution >= 0.6 is 0 Å². The zero-order valence-corrected chi connectivity index (χ0v) is 7.17. The molecule has 0 aromatic heterocycles. The molecule has 0 aliphatic carbocycles. The van der Waals surface area contributed by atoms with Gasteiger partial charge in [0.25, 0.3) is 0 Å². The molecule has 0 spiro atoms. The molecular weight excluding hydrogens is 134 g/mol. The van der Waals surface area contributed by atoms with E-state index in [-0.39, 0.29) is 0 Å². The van der Waals surface area contributed by atoms with Crippen LogP contribution in [-0.4, -0.2) is 6.21 Å².